The van der Waals surface area contributed by atoms with Gasteiger partial charge in [0.2, 0.25) is 0 Å². The number of carbonyl (C=O) groups excluding carboxylic acids is 1. The van der Waals surface area contributed by atoms with Gasteiger partial charge in [-0.1, -0.05) is 6.07 Å². The van der Waals surface area contributed by atoms with Gasteiger partial charge in [-0.25, -0.2) is 4.68 Å². The Morgan fingerprint density at radius 2 is 2.12 bits per heavy atom. The van der Waals surface area contributed by atoms with Crippen LogP contribution in [0.3, 0.4) is 0 Å². The first-order chi connectivity index (χ1) is 8.08. The van der Waals surface area contributed by atoms with Crippen LogP contribution in [0.15, 0.2) is 36.5 Å². The molecule has 2 N–H and O–H groups in total. The monoisotopic (exact) mass is 230 g/mol. The van der Waals surface area contributed by atoms with Gasteiger partial charge in [0.05, 0.1) is 5.69 Å². The van der Waals surface area contributed by atoms with Crippen molar-refractivity contribution >= 4 is 11.7 Å². The van der Waals surface area contributed by atoms with Crippen LogP contribution in [0.4, 0.5) is 5.82 Å². The maximum absolute atomic E-state index is 11.8. The summed E-state index contributed by atoms with van der Waals surface area (Å²) in [5.41, 5.74) is 7.00. The van der Waals surface area contributed by atoms with Crippen LogP contribution in [0.2, 0.25) is 0 Å². The molecule has 0 fully saturated rings. The summed E-state index contributed by atoms with van der Waals surface area (Å²) in [6.45, 7) is 0. The van der Waals surface area contributed by atoms with Crippen molar-refractivity contribution in [1.82, 2.24) is 14.7 Å². The zero-order chi connectivity index (χ0) is 12.4. The Morgan fingerprint density at radius 3 is 2.71 bits per heavy atom. The minimum absolute atomic E-state index is 0.0352. The number of nitrogens with zero attached hydrogens (tertiary/aromatic N) is 3. The Labute approximate surface area is 99.5 Å². The first-order valence-corrected chi connectivity index (χ1v) is 5.21. The fourth-order valence-corrected chi connectivity index (χ4v) is 1.52. The van der Waals surface area contributed by atoms with Crippen molar-refractivity contribution in [3.8, 4) is 5.69 Å². The Balaban J connectivity index is 2.38. The Kier molecular flexibility index (Phi) is 2.82. The normalized spacial score (nSPS) is 10.2. The van der Waals surface area contributed by atoms with Gasteiger partial charge in [-0.05, 0) is 18.2 Å². The van der Waals surface area contributed by atoms with Gasteiger partial charge < -0.3 is 10.6 Å². The van der Waals surface area contributed by atoms with Crippen LogP contribution in [0.25, 0.3) is 5.69 Å². The van der Waals surface area contributed by atoms with Crippen LogP contribution in [0, 0.1) is 0 Å². The molecule has 5 nitrogen and oxygen atoms in total. The molecule has 2 rings (SSSR count). The van der Waals surface area contributed by atoms with E-state index in [1.54, 1.807) is 43.2 Å². The molecular weight excluding hydrogens is 216 g/mol. The van der Waals surface area contributed by atoms with Gasteiger partial charge in [-0.2, -0.15) is 5.10 Å². The average molecular weight is 230 g/mol. The summed E-state index contributed by atoms with van der Waals surface area (Å²) in [6.07, 6.45) is 1.76. The first-order valence-electron chi connectivity index (χ1n) is 5.21. The minimum Gasteiger partial charge on any atom is -0.382 e. The molecule has 5 heteroatoms. The molecule has 88 valence electrons. The SMILES string of the molecule is CN(C)C(=O)c1cccc(-n2ccc(N)n2)c1. The third kappa shape index (κ3) is 2.28. The molecule has 0 bridgehead atoms. The van der Waals surface area contributed by atoms with Crippen LogP contribution in [-0.2, 0) is 0 Å². The van der Waals surface area contributed by atoms with Gasteiger partial charge in [-0.3, -0.25) is 4.79 Å². The number of carbonyl (C=O) groups is 1. The number of benzene rings is 1. The van der Waals surface area contributed by atoms with Gasteiger partial charge in [0.1, 0.15) is 5.82 Å². The summed E-state index contributed by atoms with van der Waals surface area (Å²) in [7, 11) is 3.45. The van der Waals surface area contributed by atoms with Crippen LogP contribution < -0.4 is 5.73 Å². The third-order valence-corrected chi connectivity index (χ3v) is 2.37. The van der Waals surface area contributed by atoms with Crippen molar-refractivity contribution in [3.05, 3.63) is 42.1 Å². The molecule has 0 unspecified atom stereocenters. The lowest BCUT2D eigenvalue weighted by atomic mass is 10.2. The second-order valence-electron chi connectivity index (χ2n) is 3.94. The number of nitrogens with two attached hydrogens (primary N) is 1. The van der Waals surface area contributed by atoms with E-state index in [0.717, 1.165) is 5.69 Å². The summed E-state index contributed by atoms with van der Waals surface area (Å²) in [5, 5.41) is 4.10. The summed E-state index contributed by atoms with van der Waals surface area (Å²) >= 11 is 0. The van der Waals surface area contributed by atoms with Crippen molar-refractivity contribution in [2.24, 2.45) is 0 Å². The zero-order valence-corrected chi connectivity index (χ0v) is 9.79. The number of anilines is 1. The highest BCUT2D eigenvalue weighted by atomic mass is 16.2. The molecule has 0 radical (unpaired) electrons. The highest BCUT2D eigenvalue weighted by Crippen LogP contribution is 2.12. The number of nitrogen functional groups attached to an aromatic ring is 1. The standard InChI is InChI=1S/C12H14N4O/c1-15(2)12(17)9-4-3-5-10(8-9)16-7-6-11(13)14-16/h3-8H,1-2H3,(H2,13,14). The van der Waals surface area contributed by atoms with Crippen LogP contribution in [-0.4, -0.2) is 34.7 Å². The van der Waals surface area contributed by atoms with Gasteiger partial charge in [0.15, 0.2) is 0 Å². The molecule has 1 aromatic heterocycles. The lowest BCUT2D eigenvalue weighted by Gasteiger charge is -2.11. The number of hydrogen-bond acceptors (Lipinski definition) is 3. The molecule has 17 heavy (non-hydrogen) atoms. The summed E-state index contributed by atoms with van der Waals surface area (Å²) < 4.78 is 1.64. The second-order valence-corrected chi connectivity index (χ2v) is 3.94. The first kappa shape index (κ1) is 11.2. The van der Waals surface area contributed by atoms with Crippen molar-refractivity contribution in [3.63, 3.8) is 0 Å². The second kappa shape index (κ2) is 4.29. The highest BCUT2D eigenvalue weighted by Gasteiger charge is 2.08. The molecular formula is C12H14N4O. The van der Waals surface area contributed by atoms with E-state index in [0.29, 0.717) is 11.4 Å². The summed E-state index contributed by atoms with van der Waals surface area (Å²) in [5.74, 6) is 0.418. The molecule has 1 heterocycles. The molecule has 0 saturated carbocycles. The van der Waals surface area contributed by atoms with E-state index in [4.69, 9.17) is 5.73 Å². The predicted octanol–water partition coefficient (Wildman–Crippen LogP) is 1.16. The van der Waals surface area contributed by atoms with E-state index >= 15 is 0 Å². The Morgan fingerprint density at radius 1 is 1.35 bits per heavy atom. The zero-order valence-electron chi connectivity index (χ0n) is 9.79. The number of amides is 1. The fourth-order valence-electron chi connectivity index (χ4n) is 1.52. The molecule has 0 saturated heterocycles. The molecule has 1 aromatic carbocycles. The lowest BCUT2D eigenvalue weighted by Crippen LogP contribution is -2.21. The third-order valence-electron chi connectivity index (χ3n) is 2.37. The van der Waals surface area contributed by atoms with E-state index in [9.17, 15) is 4.79 Å². The molecule has 0 atom stereocenters. The van der Waals surface area contributed by atoms with Crippen molar-refractivity contribution in [2.45, 2.75) is 0 Å². The van der Waals surface area contributed by atoms with E-state index in [1.165, 1.54) is 4.90 Å². The average Bonchev–Trinajstić information content (AvgIpc) is 2.75. The van der Waals surface area contributed by atoms with Gasteiger partial charge in [0.25, 0.3) is 5.91 Å². The summed E-state index contributed by atoms with van der Waals surface area (Å²) in [4.78, 5) is 13.3. The number of rotatable bonds is 2. The van der Waals surface area contributed by atoms with E-state index in [1.807, 2.05) is 12.1 Å². The topological polar surface area (TPSA) is 64.2 Å². The number of aromatic nitrogens is 2. The van der Waals surface area contributed by atoms with Crippen LogP contribution in [0.5, 0.6) is 0 Å². The van der Waals surface area contributed by atoms with Crippen molar-refractivity contribution < 1.29 is 4.79 Å². The molecule has 0 aliphatic rings. The quantitative estimate of drug-likeness (QED) is 0.841. The lowest BCUT2D eigenvalue weighted by molar-refractivity contribution is 0.0827. The van der Waals surface area contributed by atoms with Crippen LogP contribution in [0.1, 0.15) is 10.4 Å². The maximum Gasteiger partial charge on any atom is 0.253 e. The molecule has 2 aromatic rings. The van der Waals surface area contributed by atoms with Gasteiger partial charge >= 0.3 is 0 Å². The van der Waals surface area contributed by atoms with E-state index in [2.05, 4.69) is 5.10 Å². The smallest absolute Gasteiger partial charge is 0.253 e. The summed E-state index contributed by atoms with van der Waals surface area (Å²) in [6, 6.07) is 8.97. The van der Waals surface area contributed by atoms with Crippen LogP contribution >= 0.6 is 0 Å². The largest absolute Gasteiger partial charge is 0.382 e. The predicted molar refractivity (Wildman–Crippen MR) is 66.0 cm³/mol. The van der Waals surface area contributed by atoms with E-state index in [-0.39, 0.29) is 5.91 Å². The Hall–Kier alpha value is -2.30. The fraction of sp³-hybridized carbons (Fsp3) is 0.167. The minimum atomic E-state index is -0.0352. The molecule has 0 aliphatic carbocycles. The van der Waals surface area contributed by atoms with Gasteiger partial charge in [0, 0.05) is 31.9 Å². The Bertz CT molecular complexity index is 545. The maximum atomic E-state index is 11.8. The van der Waals surface area contributed by atoms with Crippen molar-refractivity contribution in [1.29, 1.82) is 0 Å². The number of hydrogen-bond donors (Lipinski definition) is 1. The molecule has 1 amide bonds. The van der Waals surface area contributed by atoms with Crippen molar-refractivity contribution in [2.75, 3.05) is 19.8 Å². The molecule has 0 aliphatic heterocycles. The highest BCUT2D eigenvalue weighted by molar-refractivity contribution is 5.94. The molecule has 0 spiro atoms. The van der Waals surface area contributed by atoms with Gasteiger partial charge in [-0.15, -0.1) is 0 Å². The van der Waals surface area contributed by atoms with E-state index < -0.39 is 0 Å².